The van der Waals surface area contributed by atoms with Crippen LogP contribution >= 0.6 is 0 Å². The fourth-order valence-corrected chi connectivity index (χ4v) is 6.39. The van der Waals surface area contributed by atoms with Gasteiger partial charge in [-0.1, -0.05) is 75.3 Å². The summed E-state index contributed by atoms with van der Waals surface area (Å²) >= 11 is 0. The van der Waals surface area contributed by atoms with Crippen molar-refractivity contribution in [2.24, 2.45) is 17.8 Å². The van der Waals surface area contributed by atoms with E-state index in [-0.39, 0.29) is 47.3 Å². The molecule has 0 saturated carbocycles. The highest BCUT2D eigenvalue weighted by Gasteiger charge is 2.34. The number of allylic oxidation sites excluding steroid dienone is 8. The molecule has 0 heterocycles. The van der Waals surface area contributed by atoms with Crippen LogP contribution in [0, 0.1) is 24.7 Å². The predicted molar refractivity (Wildman–Crippen MR) is 159 cm³/mol. The fourth-order valence-electron chi connectivity index (χ4n) is 6.39. The summed E-state index contributed by atoms with van der Waals surface area (Å²) in [6.07, 6.45) is 18.1. The molecular formula is C35H44O4. The SMILES string of the molecule is CCCC(CC1CC(=O)c2c(C)ccc(C3=CC=C(C(C)=O)CC=CC=CC3)c2C1)C(CC)C(=O)CC(C)=O. The number of aryl methyl sites for hydroxylation is 1. The van der Waals surface area contributed by atoms with Gasteiger partial charge >= 0.3 is 0 Å². The maximum absolute atomic E-state index is 13.6. The molecular weight excluding hydrogens is 484 g/mol. The number of hydrogen-bond acceptors (Lipinski definition) is 4. The molecule has 208 valence electrons. The van der Waals surface area contributed by atoms with Gasteiger partial charge in [0.1, 0.15) is 11.6 Å². The Labute approximate surface area is 234 Å². The molecule has 0 fully saturated rings. The Hall–Kier alpha value is -3.14. The number of rotatable bonds is 11. The van der Waals surface area contributed by atoms with Crippen LogP contribution in [0.1, 0.15) is 106 Å². The van der Waals surface area contributed by atoms with Gasteiger partial charge in [-0.15, -0.1) is 0 Å². The van der Waals surface area contributed by atoms with E-state index in [4.69, 9.17) is 0 Å². The molecule has 3 rings (SSSR count). The third-order valence-corrected chi connectivity index (χ3v) is 8.25. The molecule has 0 amide bonds. The van der Waals surface area contributed by atoms with E-state index in [0.29, 0.717) is 19.3 Å². The van der Waals surface area contributed by atoms with Crippen LogP contribution in [0.15, 0.2) is 54.2 Å². The molecule has 1 aromatic carbocycles. The van der Waals surface area contributed by atoms with Gasteiger partial charge in [-0.25, -0.2) is 0 Å². The van der Waals surface area contributed by atoms with Crippen molar-refractivity contribution in [3.8, 4) is 0 Å². The van der Waals surface area contributed by atoms with Crippen molar-refractivity contribution in [1.82, 2.24) is 0 Å². The Morgan fingerprint density at radius 1 is 0.974 bits per heavy atom. The average Bonchev–Trinajstić information content (AvgIpc) is 2.87. The molecule has 4 nitrogen and oxygen atoms in total. The van der Waals surface area contributed by atoms with Crippen LogP contribution in [0.3, 0.4) is 0 Å². The summed E-state index contributed by atoms with van der Waals surface area (Å²) in [5, 5.41) is 0. The first kappa shape index (κ1) is 30.4. The number of benzene rings is 1. The first-order chi connectivity index (χ1) is 18.7. The van der Waals surface area contributed by atoms with Gasteiger partial charge in [0.2, 0.25) is 0 Å². The molecule has 0 N–H and O–H groups in total. The first-order valence-electron chi connectivity index (χ1n) is 14.6. The summed E-state index contributed by atoms with van der Waals surface area (Å²) in [6.45, 7) is 9.26. The fraction of sp³-hybridized carbons (Fsp3) is 0.486. The molecule has 0 bridgehead atoms. The molecule has 0 aliphatic heterocycles. The van der Waals surface area contributed by atoms with Crippen molar-refractivity contribution in [2.45, 2.75) is 92.4 Å². The highest BCUT2D eigenvalue weighted by molar-refractivity contribution is 6.02. The van der Waals surface area contributed by atoms with Crippen molar-refractivity contribution in [3.05, 3.63) is 76.4 Å². The quantitative estimate of drug-likeness (QED) is 0.274. The number of carbonyl (C=O) groups excluding carboxylic acids is 4. The van der Waals surface area contributed by atoms with E-state index in [9.17, 15) is 19.2 Å². The van der Waals surface area contributed by atoms with Gasteiger partial charge in [-0.05, 0) is 92.5 Å². The van der Waals surface area contributed by atoms with Crippen LogP contribution in [0.2, 0.25) is 0 Å². The van der Waals surface area contributed by atoms with E-state index >= 15 is 0 Å². The second-order valence-electron chi connectivity index (χ2n) is 11.3. The molecule has 39 heavy (non-hydrogen) atoms. The van der Waals surface area contributed by atoms with Crippen LogP contribution in [-0.2, 0) is 20.8 Å². The van der Waals surface area contributed by atoms with Gasteiger partial charge in [0, 0.05) is 17.9 Å². The molecule has 4 heteroatoms. The zero-order valence-corrected chi connectivity index (χ0v) is 24.3. The van der Waals surface area contributed by atoms with Gasteiger partial charge in [0.25, 0.3) is 0 Å². The third kappa shape index (κ3) is 7.94. The predicted octanol–water partition coefficient (Wildman–Crippen LogP) is 7.93. The normalized spacial score (nSPS) is 19.0. The minimum absolute atomic E-state index is 0.00112. The second-order valence-corrected chi connectivity index (χ2v) is 11.3. The number of ketones is 4. The minimum atomic E-state index is -0.142. The Morgan fingerprint density at radius 2 is 1.69 bits per heavy atom. The molecule has 2 aliphatic rings. The lowest BCUT2D eigenvalue weighted by Gasteiger charge is -2.33. The number of fused-ring (bicyclic) bond motifs is 1. The van der Waals surface area contributed by atoms with Crippen molar-refractivity contribution in [2.75, 3.05) is 0 Å². The van der Waals surface area contributed by atoms with Gasteiger partial charge < -0.3 is 0 Å². The number of hydrogen-bond donors (Lipinski definition) is 0. The third-order valence-electron chi connectivity index (χ3n) is 8.25. The summed E-state index contributed by atoms with van der Waals surface area (Å²) in [4.78, 5) is 50.4. The van der Waals surface area contributed by atoms with E-state index < -0.39 is 0 Å². The summed E-state index contributed by atoms with van der Waals surface area (Å²) < 4.78 is 0. The van der Waals surface area contributed by atoms with E-state index in [1.165, 1.54) is 6.92 Å². The Bertz CT molecular complexity index is 1220. The van der Waals surface area contributed by atoms with Crippen LogP contribution in [0.5, 0.6) is 0 Å². The molecule has 2 aliphatic carbocycles. The first-order valence-corrected chi connectivity index (χ1v) is 14.6. The van der Waals surface area contributed by atoms with E-state index in [1.807, 2.05) is 50.3 Å². The molecule has 3 atom stereocenters. The maximum Gasteiger partial charge on any atom is 0.163 e. The van der Waals surface area contributed by atoms with Gasteiger partial charge in [-0.2, -0.15) is 0 Å². The molecule has 0 radical (unpaired) electrons. The lowest BCUT2D eigenvalue weighted by molar-refractivity contribution is -0.130. The summed E-state index contributed by atoms with van der Waals surface area (Å²) in [5.41, 5.74) is 5.88. The highest BCUT2D eigenvalue weighted by atomic mass is 16.1. The van der Waals surface area contributed by atoms with Crippen molar-refractivity contribution < 1.29 is 19.2 Å². The molecule has 0 saturated heterocycles. The van der Waals surface area contributed by atoms with E-state index in [2.05, 4.69) is 19.1 Å². The van der Waals surface area contributed by atoms with Crippen LogP contribution in [0.4, 0.5) is 0 Å². The highest BCUT2D eigenvalue weighted by Crippen LogP contribution is 2.39. The second kappa shape index (κ2) is 14.3. The molecule has 0 spiro atoms. The van der Waals surface area contributed by atoms with Gasteiger partial charge in [0.05, 0.1) is 6.42 Å². The number of carbonyl (C=O) groups is 4. The van der Waals surface area contributed by atoms with Gasteiger partial charge in [0.15, 0.2) is 11.6 Å². The van der Waals surface area contributed by atoms with Crippen LogP contribution in [0.25, 0.3) is 5.57 Å². The average molecular weight is 529 g/mol. The summed E-state index contributed by atoms with van der Waals surface area (Å²) in [5.74, 6) is 0.387. The molecule has 0 aromatic heterocycles. The summed E-state index contributed by atoms with van der Waals surface area (Å²) in [7, 11) is 0. The number of Topliss-reactive ketones (excluding diaryl/α,β-unsaturated/α-hetero) is 4. The van der Waals surface area contributed by atoms with Crippen molar-refractivity contribution >= 4 is 28.7 Å². The van der Waals surface area contributed by atoms with Gasteiger partial charge in [-0.3, -0.25) is 19.2 Å². The largest absolute Gasteiger partial charge is 0.300 e. The van der Waals surface area contributed by atoms with Crippen LogP contribution < -0.4 is 0 Å². The maximum atomic E-state index is 13.6. The van der Waals surface area contributed by atoms with Crippen molar-refractivity contribution in [3.63, 3.8) is 0 Å². The van der Waals surface area contributed by atoms with Crippen molar-refractivity contribution in [1.29, 1.82) is 0 Å². The Morgan fingerprint density at radius 3 is 2.33 bits per heavy atom. The zero-order chi connectivity index (χ0) is 28.5. The monoisotopic (exact) mass is 528 g/mol. The van der Waals surface area contributed by atoms with E-state index in [1.54, 1.807) is 6.92 Å². The Kier molecular flexibility index (Phi) is 11.2. The molecule has 1 aromatic rings. The lowest BCUT2D eigenvalue weighted by atomic mass is 9.71. The smallest absolute Gasteiger partial charge is 0.163 e. The van der Waals surface area contributed by atoms with Crippen LogP contribution in [-0.4, -0.2) is 23.1 Å². The topological polar surface area (TPSA) is 68.3 Å². The minimum Gasteiger partial charge on any atom is -0.300 e. The zero-order valence-electron chi connectivity index (χ0n) is 24.3. The Balaban J connectivity index is 1.99. The molecule has 3 unspecified atom stereocenters. The standard InChI is InChI=1S/C35H44O4/c1-6-12-29(30(7-2)33(38)19-24(4)36)20-26-21-32-31(18-15-23(3)35(32)34(39)22-26)28-14-11-9-8-10-13-27(16-17-28)25(5)37/h8-11,15-18,26,29-30H,6-7,12-14,19-22H2,1-5H3. The lowest BCUT2D eigenvalue weighted by Crippen LogP contribution is -2.30. The van der Waals surface area contributed by atoms with E-state index in [0.717, 1.165) is 65.5 Å². The summed E-state index contributed by atoms with van der Waals surface area (Å²) in [6, 6.07) is 4.17.